The fraction of sp³-hybridized carbons (Fsp3) is 0.278. The summed E-state index contributed by atoms with van der Waals surface area (Å²) in [4.78, 5) is 23.6. The molecule has 0 aliphatic carbocycles. The van der Waals surface area contributed by atoms with Crippen molar-refractivity contribution in [2.24, 2.45) is 5.92 Å². The molecule has 25 heavy (non-hydrogen) atoms. The quantitative estimate of drug-likeness (QED) is 0.421. The second-order valence-corrected chi connectivity index (χ2v) is 7.07. The fourth-order valence-corrected chi connectivity index (χ4v) is 3.32. The molecule has 0 aliphatic heterocycles. The lowest BCUT2D eigenvalue weighted by Gasteiger charge is -2.08. The first-order chi connectivity index (χ1) is 11.9. The second-order valence-electron chi connectivity index (χ2n) is 5.93. The minimum Gasteiger partial charge on any atom is -0.322 e. The second kappa shape index (κ2) is 8.62. The summed E-state index contributed by atoms with van der Waals surface area (Å²) >= 11 is 1.41. The number of hydrogen-bond donors (Lipinski definition) is 1. The first kappa shape index (κ1) is 18.9. The maximum absolute atomic E-state index is 12.9. The summed E-state index contributed by atoms with van der Waals surface area (Å²) in [6, 6.07) is 9.75. The number of carbonyl (C=O) groups excluding carboxylic acids is 1. The molecule has 0 radical (unpaired) electrons. The Kier molecular flexibility index (Phi) is 6.52. The molecular weight excluding hydrogens is 343 g/mol. The van der Waals surface area contributed by atoms with Crippen LogP contribution < -0.4 is 5.32 Å². The number of hydrogen-bond acceptors (Lipinski definition) is 4. The molecule has 0 saturated carbocycles. The van der Waals surface area contributed by atoms with E-state index in [2.05, 4.69) is 19.2 Å². The van der Waals surface area contributed by atoms with Crippen molar-refractivity contribution in [1.82, 2.24) is 0 Å². The van der Waals surface area contributed by atoms with Crippen LogP contribution in [0.1, 0.15) is 30.6 Å². The highest BCUT2D eigenvalue weighted by atomic mass is 32.2. The number of benzene rings is 2. The summed E-state index contributed by atoms with van der Waals surface area (Å²) in [6.45, 7) is 4.19. The van der Waals surface area contributed by atoms with E-state index >= 15 is 0 Å². The predicted octanol–water partition coefficient (Wildman–Crippen LogP) is 5.12. The SMILES string of the molecule is CC(C)CCSc1ccc(C(=O)Nc2ccc(F)cc2)cc1[N+](=O)[O-]. The van der Waals surface area contributed by atoms with Crippen molar-refractivity contribution in [1.29, 1.82) is 0 Å². The van der Waals surface area contributed by atoms with Gasteiger partial charge in [-0.1, -0.05) is 13.8 Å². The first-order valence-corrected chi connectivity index (χ1v) is 8.83. The van der Waals surface area contributed by atoms with E-state index in [0.717, 1.165) is 12.2 Å². The Balaban J connectivity index is 2.15. The van der Waals surface area contributed by atoms with E-state index < -0.39 is 16.6 Å². The zero-order valence-electron chi connectivity index (χ0n) is 14.0. The zero-order valence-corrected chi connectivity index (χ0v) is 14.8. The molecular formula is C18H19FN2O3S. The molecule has 0 saturated heterocycles. The summed E-state index contributed by atoms with van der Waals surface area (Å²) in [5.74, 6) is 0.414. The summed E-state index contributed by atoms with van der Waals surface area (Å²) in [5, 5.41) is 13.9. The van der Waals surface area contributed by atoms with Crippen LogP contribution in [0.15, 0.2) is 47.4 Å². The average Bonchev–Trinajstić information content (AvgIpc) is 2.56. The highest BCUT2D eigenvalue weighted by molar-refractivity contribution is 7.99. The number of rotatable bonds is 7. The molecule has 2 rings (SSSR count). The zero-order chi connectivity index (χ0) is 18.4. The number of nitrogens with zero attached hydrogens (tertiary/aromatic N) is 1. The van der Waals surface area contributed by atoms with Gasteiger partial charge in [-0.15, -0.1) is 11.8 Å². The van der Waals surface area contributed by atoms with Crippen molar-refractivity contribution in [3.05, 3.63) is 64.0 Å². The smallest absolute Gasteiger partial charge is 0.283 e. The lowest BCUT2D eigenvalue weighted by molar-refractivity contribution is -0.387. The van der Waals surface area contributed by atoms with Gasteiger partial charge in [-0.05, 0) is 54.5 Å². The van der Waals surface area contributed by atoms with Crippen molar-refractivity contribution in [3.63, 3.8) is 0 Å². The molecule has 0 spiro atoms. The standard InChI is InChI=1S/C18H19FN2O3S/c1-12(2)9-10-25-17-8-3-13(11-16(17)21(23)24)18(22)20-15-6-4-14(19)5-7-15/h3-8,11-12H,9-10H2,1-2H3,(H,20,22). The molecule has 2 aromatic rings. The normalized spacial score (nSPS) is 10.7. The van der Waals surface area contributed by atoms with Crippen molar-refractivity contribution >= 4 is 29.0 Å². The Morgan fingerprint density at radius 1 is 1.24 bits per heavy atom. The molecule has 0 fully saturated rings. The maximum Gasteiger partial charge on any atom is 0.283 e. The molecule has 132 valence electrons. The van der Waals surface area contributed by atoms with Crippen molar-refractivity contribution in [3.8, 4) is 0 Å². The molecule has 0 bridgehead atoms. The Morgan fingerprint density at radius 3 is 2.52 bits per heavy atom. The first-order valence-electron chi connectivity index (χ1n) is 7.85. The Bertz CT molecular complexity index is 763. The number of thioether (sulfide) groups is 1. The minimum atomic E-state index is -0.480. The van der Waals surface area contributed by atoms with E-state index in [1.54, 1.807) is 12.1 Å². The van der Waals surface area contributed by atoms with Gasteiger partial charge < -0.3 is 5.32 Å². The number of nitro groups is 1. The number of amides is 1. The van der Waals surface area contributed by atoms with E-state index in [9.17, 15) is 19.3 Å². The lowest BCUT2D eigenvalue weighted by Crippen LogP contribution is -2.12. The van der Waals surface area contributed by atoms with Crippen LogP contribution in [0.5, 0.6) is 0 Å². The van der Waals surface area contributed by atoms with Crippen LogP contribution in [0.2, 0.25) is 0 Å². The lowest BCUT2D eigenvalue weighted by atomic mass is 10.2. The van der Waals surface area contributed by atoms with Gasteiger partial charge in [0.15, 0.2) is 0 Å². The highest BCUT2D eigenvalue weighted by Gasteiger charge is 2.18. The average molecular weight is 362 g/mol. The van der Waals surface area contributed by atoms with Crippen molar-refractivity contribution < 1.29 is 14.1 Å². The highest BCUT2D eigenvalue weighted by Crippen LogP contribution is 2.31. The third-order valence-corrected chi connectivity index (χ3v) is 4.57. The number of anilines is 1. The molecule has 1 amide bonds. The monoisotopic (exact) mass is 362 g/mol. The van der Waals surface area contributed by atoms with Crippen molar-refractivity contribution in [2.75, 3.05) is 11.1 Å². The number of nitrogens with one attached hydrogen (secondary N) is 1. The molecule has 0 aromatic heterocycles. The van der Waals surface area contributed by atoms with Crippen LogP contribution in [0, 0.1) is 21.8 Å². The van der Waals surface area contributed by atoms with Crippen LogP contribution in [0.3, 0.4) is 0 Å². The van der Waals surface area contributed by atoms with Crippen LogP contribution in [-0.2, 0) is 0 Å². The Morgan fingerprint density at radius 2 is 1.92 bits per heavy atom. The van der Waals surface area contributed by atoms with Gasteiger partial charge in [0, 0.05) is 17.3 Å². The van der Waals surface area contributed by atoms with Crippen LogP contribution in [0.25, 0.3) is 0 Å². The van der Waals surface area contributed by atoms with Gasteiger partial charge >= 0.3 is 0 Å². The fourth-order valence-electron chi connectivity index (χ4n) is 2.06. The van der Waals surface area contributed by atoms with Gasteiger partial charge in [0.1, 0.15) is 5.82 Å². The van der Waals surface area contributed by atoms with Gasteiger partial charge in [0.2, 0.25) is 0 Å². The molecule has 1 N–H and O–H groups in total. The third-order valence-electron chi connectivity index (χ3n) is 3.47. The van der Waals surface area contributed by atoms with Gasteiger partial charge in [-0.25, -0.2) is 4.39 Å². The van der Waals surface area contributed by atoms with Crippen LogP contribution in [-0.4, -0.2) is 16.6 Å². The van der Waals surface area contributed by atoms with E-state index in [4.69, 9.17) is 0 Å². The predicted molar refractivity (Wildman–Crippen MR) is 97.6 cm³/mol. The van der Waals surface area contributed by atoms with E-state index in [-0.39, 0.29) is 11.3 Å². The van der Waals surface area contributed by atoms with Gasteiger partial charge in [0.05, 0.1) is 9.82 Å². The van der Waals surface area contributed by atoms with E-state index in [1.165, 1.54) is 42.1 Å². The van der Waals surface area contributed by atoms with Gasteiger partial charge in [0.25, 0.3) is 11.6 Å². The largest absolute Gasteiger partial charge is 0.322 e. The van der Waals surface area contributed by atoms with E-state index in [0.29, 0.717) is 16.5 Å². The minimum absolute atomic E-state index is 0.0829. The topological polar surface area (TPSA) is 72.2 Å². The molecule has 7 heteroatoms. The molecule has 5 nitrogen and oxygen atoms in total. The van der Waals surface area contributed by atoms with E-state index in [1.807, 2.05) is 0 Å². The third kappa shape index (κ3) is 5.56. The van der Waals surface area contributed by atoms with Crippen LogP contribution in [0.4, 0.5) is 15.8 Å². The van der Waals surface area contributed by atoms with Gasteiger partial charge in [-0.3, -0.25) is 14.9 Å². The summed E-state index contributed by atoms with van der Waals surface area (Å²) in [6.07, 6.45) is 0.953. The Labute approximate surface area is 149 Å². The molecule has 2 aromatic carbocycles. The van der Waals surface area contributed by atoms with Crippen LogP contribution >= 0.6 is 11.8 Å². The molecule has 0 aliphatic rings. The number of halogens is 1. The number of nitro benzene ring substituents is 1. The van der Waals surface area contributed by atoms with Gasteiger partial charge in [-0.2, -0.15) is 0 Å². The number of carbonyl (C=O) groups is 1. The molecule has 0 unspecified atom stereocenters. The summed E-state index contributed by atoms with van der Waals surface area (Å²) in [5.41, 5.74) is 0.522. The summed E-state index contributed by atoms with van der Waals surface area (Å²) < 4.78 is 12.9. The Hall–Kier alpha value is -2.41. The molecule has 0 heterocycles. The summed E-state index contributed by atoms with van der Waals surface area (Å²) in [7, 11) is 0. The van der Waals surface area contributed by atoms with Crippen molar-refractivity contribution in [2.45, 2.75) is 25.2 Å². The molecule has 0 atom stereocenters. The maximum atomic E-state index is 12.9.